The molecule has 2 amide bonds. The van der Waals surface area contributed by atoms with Gasteiger partial charge < -0.3 is 16.4 Å². The van der Waals surface area contributed by atoms with Gasteiger partial charge in [-0.25, -0.2) is 0 Å². The molecule has 0 aliphatic rings. The Bertz CT molecular complexity index is 472. The highest BCUT2D eigenvalue weighted by molar-refractivity contribution is 6.00. The van der Waals surface area contributed by atoms with Crippen molar-refractivity contribution in [3.8, 4) is 0 Å². The molecule has 0 fully saturated rings. The lowest BCUT2D eigenvalue weighted by molar-refractivity contribution is -0.117. The Morgan fingerprint density at radius 2 is 2.05 bits per heavy atom. The molecule has 0 aromatic heterocycles. The van der Waals surface area contributed by atoms with E-state index in [2.05, 4.69) is 10.6 Å². The first-order valence-electron chi connectivity index (χ1n) is 6.39. The summed E-state index contributed by atoms with van der Waals surface area (Å²) in [6, 6.07) is 4.69. The lowest BCUT2D eigenvalue weighted by Gasteiger charge is -2.14. The molecule has 1 atom stereocenters. The van der Waals surface area contributed by atoms with Gasteiger partial charge in [-0.3, -0.25) is 9.59 Å². The Labute approximate surface area is 113 Å². The first kappa shape index (κ1) is 15.2. The molecule has 5 nitrogen and oxygen atoms in total. The average Bonchev–Trinajstić information content (AvgIpc) is 2.40. The van der Waals surface area contributed by atoms with Crippen molar-refractivity contribution in [2.75, 3.05) is 12.4 Å². The number of carbonyl (C=O) groups excluding carboxylic acids is 2. The molecule has 19 heavy (non-hydrogen) atoms. The molecule has 1 rings (SSSR count). The van der Waals surface area contributed by atoms with E-state index in [4.69, 9.17) is 5.73 Å². The Hall–Kier alpha value is -1.88. The van der Waals surface area contributed by atoms with E-state index >= 15 is 0 Å². The molecule has 0 aliphatic heterocycles. The maximum absolute atomic E-state index is 11.9. The molecule has 0 saturated heterocycles. The van der Waals surface area contributed by atoms with E-state index in [1.165, 1.54) is 0 Å². The fourth-order valence-electron chi connectivity index (χ4n) is 1.82. The topological polar surface area (TPSA) is 84.2 Å². The summed E-state index contributed by atoms with van der Waals surface area (Å²) in [4.78, 5) is 23.5. The van der Waals surface area contributed by atoms with E-state index < -0.39 is 6.04 Å². The largest absolute Gasteiger partial charge is 0.355 e. The van der Waals surface area contributed by atoms with E-state index in [0.717, 1.165) is 12.0 Å². The summed E-state index contributed by atoms with van der Waals surface area (Å²) in [5.41, 5.74) is 7.66. The molecule has 0 spiro atoms. The van der Waals surface area contributed by atoms with Gasteiger partial charge in [0.25, 0.3) is 5.91 Å². The van der Waals surface area contributed by atoms with Crippen LogP contribution in [-0.4, -0.2) is 24.9 Å². The first-order valence-corrected chi connectivity index (χ1v) is 6.39. The van der Waals surface area contributed by atoms with Crippen LogP contribution < -0.4 is 16.4 Å². The van der Waals surface area contributed by atoms with Gasteiger partial charge in [-0.15, -0.1) is 0 Å². The van der Waals surface area contributed by atoms with E-state index in [1.807, 2.05) is 6.92 Å². The monoisotopic (exact) mass is 263 g/mol. The van der Waals surface area contributed by atoms with Crippen molar-refractivity contribution in [2.45, 2.75) is 32.7 Å². The van der Waals surface area contributed by atoms with Crippen LogP contribution in [0.3, 0.4) is 0 Å². The number of anilines is 1. The van der Waals surface area contributed by atoms with Crippen LogP contribution in [0.5, 0.6) is 0 Å². The van der Waals surface area contributed by atoms with E-state index in [0.29, 0.717) is 17.7 Å². The van der Waals surface area contributed by atoms with Crippen molar-refractivity contribution < 1.29 is 9.59 Å². The maximum atomic E-state index is 11.9. The van der Waals surface area contributed by atoms with Crippen LogP contribution in [-0.2, 0) is 4.79 Å². The fourth-order valence-corrected chi connectivity index (χ4v) is 1.82. The summed E-state index contributed by atoms with van der Waals surface area (Å²) in [5, 5.41) is 5.34. The number of carbonyl (C=O) groups is 2. The van der Waals surface area contributed by atoms with Gasteiger partial charge in [0.1, 0.15) is 0 Å². The van der Waals surface area contributed by atoms with Gasteiger partial charge in [0.15, 0.2) is 0 Å². The van der Waals surface area contributed by atoms with E-state index in [-0.39, 0.29) is 11.8 Å². The zero-order chi connectivity index (χ0) is 14.4. The van der Waals surface area contributed by atoms with Crippen molar-refractivity contribution in [1.82, 2.24) is 5.32 Å². The van der Waals surface area contributed by atoms with Crippen LogP contribution in [0, 0.1) is 6.92 Å². The number of amides is 2. The van der Waals surface area contributed by atoms with Crippen molar-refractivity contribution in [1.29, 1.82) is 0 Å². The molecule has 1 aromatic rings. The van der Waals surface area contributed by atoms with Crippen molar-refractivity contribution in [3.05, 3.63) is 29.3 Å². The van der Waals surface area contributed by atoms with Crippen molar-refractivity contribution in [3.63, 3.8) is 0 Å². The third-order valence-corrected chi connectivity index (χ3v) is 3.00. The summed E-state index contributed by atoms with van der Waals surface area (Å²) < 4.78 is 0. The Kier molecular flexibility index (Phi) is 5.51. The normalized spacial score (nSPS) is 11.8. The Morgan fingerprint density at radius 1 is 1.37 bits per heavy atom. The van der Waals surface area contributed by atoms with Crippen molar-refractivity contribution in [2.24, 2.45) is 5.73 Å². The molecule has 1 aromatic carbocycles. The molecular weight excluding hydrogens is 242 g/mol. The van der Waals surface area contributed by atoms with Gasteiger partial charge in [-0.1, -0.05) is 19.4 Å². The van der Waals surface area contributed by atoms with Crippen LogP contribution in [0.25, 0.3) is 0 Å². The van der Waals surface area contributed by atoms with E-state index in [1.54, 1.807) is 32.2 Å². The first-order chi connectivity index (χ1) is 9.01. The number of rotatable bonds is 5. The van der Waals surface area contributed by atoms with Crippen molar-refractivity contribution >= 4 is 17.5 Å². The quantitative estimate of drug-likeness (QED) is 0.751. The van der Waals surface area contributed by atoms with Crippen LogP contribution in [0.2, 0.25) is 0 Å². The zero-order valence-corrected chi connectivity index (χ0v) is 11.6. The highest BCUT2D eigenvalue weighted by Crippen LogP contribution is 2.19. The number of nitrogens with one attached hydrogen (secondary N) is 2. The van der Waals surface area contributed by atoms with Crippen LogP contribution in [0.4, 0.5) is 5.69 Å². The minimum atomic E-state index is -0.520. The Morgan fingerprint density at radius 3 is 2.63 bits per heavy atom. The molecule has 0 bridgehead atoms. The fraction of sp³-hybridized carbons (Fsp3) is 0.429. The third-order valence-electron chi connectivity index (χ3n) is 3.00. The third kappa shape index (κ3) is 3.79. The second-order valence-corrected chi connectivity index (χ2v) is 4.44. The summed E-state index contributed by atoms with van der Waals surface area (Å²) in [7, 11) is 1.57. The predicted octanol–water partition coefficient (Wildman–Crippen LogP) is 1.42. The Balaban J connectivity index is 2.90. The number of hydrogen-bond donors (Lipinski definition) is 3. The summed E-state index contributed by atoms with van der Waals surface area (Å²) >= 11 is 0. The number of benzene rings is 1. The number of nitrogens with two attached hydrogens (primary N) is 1. The average molecular weight is 263 g/mol. The summed E-state index contributed by atoms with van der Waals surface area (Å²) in [6.45, 7) is 3.77. The summed E-state index contributed by atoms with van der Waals surface area (Å²) in [6.07, 6.45) is 1.49. The lowest BCUT2D eigenvalue weighted by Crippen LogP contribution is -2.35. The highest BCUT2D eigenvalue weighted by atomic mass is 16.2. The standard InChI is InChI=1S/C14H21N3O2/c1-4-6-11(15)14(19)17-12-8-5-7-10(9(12)2)13(18)16-3/h5,7-8,11H,4,6,15H2,1-3H3,(H,16,18)(H,17,19). The predicted molar refractivity (Wildman–Crippen MR) is 76.1 cm³/mol. The molecule has 0 aliphatic carbocycles. The second-order valence-electron chi connectivity index (χ2n) is 4.44. The second kappa shape index (κ2) is 6.89. The molecule has 1 unspecified atom stereocenters. The van der Waals surface area contributed by atoms with Gasteiger partial charge in [-0.05, 0) is 31.0 Å². The van der Waals surface area contributed by atoms with Gasteiger partial charge in [0.2, 0.25) is 5.91 Å². The molecule has 5 heteroatoms. The van der Waals surface area contributed by atoms with Crippen LogP contribution >= 0.6 is 0 Å². The summed E-state index contributed by atoms with van der Waals surface area (Å²) in [5.74, 6) is -0.398. The van der Waals surface area contributed by atoms with Gasteiger partial charge in [0, 0.05) is 18.3 Å². The SMILES string of the molecule is CCCC(N)C(=O)Nc1cccc(C(=O)NC)c1C. The lowest BCUT2D eigenvalue weighted by atomic mass is 10.1. The zero-order valence-electron chi connectivity index (χ0n) is 11.6. The minimum absolute atomic E-state index is 0.175. The van der Waals surface area contributed by atoms with Crippen LogP contribution in [0.1, 0.15) is 35.7 Å². The maximum Gasteiger partial charge on any atom is 0.251 e. The molecule has 0 heterocycles. The smallest absolute Gasteiger partial charge is 0.251 e. The van der Waals surface area contributed by atoms with E-state index in [9.17, 15) is 9.59 Å². The molecule has 0 saturated carbocycles. The highest BCUT2D eigenvalue weighted by Gasteiger charge is 2.15. The molecule has 104 valence electrons. The van der Waals surface area contributed by atoms with Gasteiger partial charge >= 0.3 is 0 Å². The number of hydrogen-bond acceptors (Lipinski definition) is 3. The minimum Gasteiger partial charge on any atom is -0.355 e. The molecular formula is C14H21N3O2. The molecule has 0 radical (unpaired) electrons. The van der Waals surface area contributed by atoms with Gasteiger partial charge in [-0.2, -0.15) is 0 Å². The van der Waals surface area contributed by atoms with Crippen LogP contribution in [0.15, 0.2) is 18.2 Å². The van der Waals surface area contributed by atoms with Gasteiger partial charge in [0.05, 0.1) is 6.04 Å². The molecule has 4 N–H and O–H groups in total.